The van der Waals surface area contributed by atoms with Gasteiger partial charge in [-0.05, 0) is 38.0 Å². The summed E-state index contributed by atoms with van der Waals surface area (Å²) in [6.45, 7) is 6.18. The number of rotatable bonds is 5. The highest BCUT2D eigenvalue weighted by molar-refractivity contribution is 6.04. The Kier molecular flexibility index (Phi) is 4.93. The molecular formula is C17H21N3O. The second kappa shape index (κ2) is 6.88. The fourth-order valence-electron chi connectivity index (χ4n) is 1.94. The van der Waals surface area contributed by atoms with E-state index in [1.54, 1.807) is 12.4 Å². The van der Waals surface area contributed by atoms with Gasteiger partial charge in [-0.1, -0.05) is 25.1 Å². The van der Waals surface area contributed by atoms with Crippen molar-refractivity contribution in [2.45, 2.75) is 33.2 Å². The van der Waals surface area contributed by atoms with Gasteiger partial charge in [-0.2, -0.15) is 0 Å². The Balaban J connectivity index is 2.12. The van der Waals surface area contributed by atoms with Crippen molar-refractivity contribution in [2.75, 3.05) is 10.6 Å². The van der Waals surface area contributed by atoms with Gasteiger partial charge in [-0.25, -0.2) is 0 Å². The lowest BCUT2D eigenvalue weighted by molar-refractivity contribution is 0.102. The van der Waals surface area contributed by atoms with Gasteiger partial charge in [0.1, 0.15) is 0 Å². The minimum atomic E-state index is -0.149. The van der Waals surface area contributed by atoms with Crippen LogP contribution in [-0.2, 0) is 0 Å². The molecule has 0 aliphatic carbocycles. The minimum absolute atomic E-state index is 0.149. The predicted octanol–water partition coefficient (Wildman–Crippen LogP) is 3.85. The summed E-state index contributed by atoms with van der Waals surface area (Å²) in [5, 5.41) is 6.23. The Morgan fingerprint density at radius 3 is 2.76 bits per heavy atom. The standard InChI is InChI=1S/C17H21N3O/c1-4-13(3)19-15-9-14(10-18-11-15)17(21)20-16-8-6-5-7-12(16)2/h5-11,13,19H,4H2,1-3H3,(H,20,21). The number of hydrogen-bond acceptors (Lipinski definition) is 3. The second-order valence-corrected chi connectivity index (χ2v) is 5.18. The molecule has 21 heavy (non-hydrogen) atoms. The first kappa shape index (κ1) is 15.0. The van der Waals surface area contributed by atoms with Crippen molar-refractivity contribution in [2.24, 2.45) is 0 Å². The Labute approximate surface area is 125 Å². The van der Waals surface area contributed by atoms with Crippen LogP contribution in [0.5, 0.6) is 0 Å². The monoisotopic (exact) mass is 283 g/mol. The van der Waals surface area contributed by atoms with Gasteiger partial charge in [-0.3, -0.25) is 9.78 Å². The average Bonchev–Trinajstić information content (AvgIpc) is 2.49. The van der Waals surface area contributed by atoms with Gasteiger partial charge in [0.15, 0.2) is 0 Å². The zero-order valence-corrected chi connectivity index (χ0v) is 12.7. The average molecular weight is 283 g/mol. The van der Waals surface area contributed by atoms with Gasteiger partial charge in [0.05, 0.1) is 11.3 Å². The lowest BCUT2D eigenvalue weighted by atomic mass is 10.2. The van der Waals surface area contributed by atoms with Crippen molar-refractivity contribution in [3.05, 3.63) is 53.9 Å². The number of nitrogens with one attached hydrogen (secondary N) is 2. The van der Waals surface area contributed by atoms with E-state index in [-0.39, 0.29) is 5.91 Å². The molecule has 2 N–H and O–H groups in total. The van der Waals surface area contributed by atoms with Crippen molar-refractivity contribution in [3.8, 4) is 0 Å². The van der Waals surface area contributed by atoms with E-state index in [9.17, 15) is 4.79 Å². The van der Waals surface area contributed by atoms with E-state index in [2.05, 4.69) is 29.5 Å². The maximum Gasteiger partial charge on any atom is 0.257 e. The quantitative estimate of drug-likeness (QED) is 0.876. The highest BCUT2D eigenvalue weighted by Gasteiger charge is 2.09. The summed E-state index contributed by atoms with van der Waals surface area (Å²) >= 11 is 0. The largest absolute Gasteiger partial charge is 0.381 e. The molecular weight excluding hydrogens is 262 g/mol. The third-order valence-electron chi connectivity index (χ3n) is 3.42. The number of anilines is 2. The lowest BCUT2D eigenvalue weighted by Crippen LogP contribution is -2.16. The molecule has 110 valence electrons. The molecule has 1 unspecified atom stereocenters. The highest BCUT2D eigenvalue weighted by Crippen LogP contribution is 2.16. The molecule has 0 fully saturated rings. The first-order valence-electron chi connectivity index (χ1n) is 7.18. The molecule has 1 atom stereocenters. The molecule has 0 bridgehead atoms. The van der Waals surface area contributed by atoms with Crippen LogP contribution >= 0.6 is 0 Å². The molecule has 0 radical (unpaired) electrons. The molecule has 0 aliphatic rings. The first-order valence-corrected chi connectivity index (χ1v) is 7.18. The number of para-hydroxylation sites is 1. The molecule has 4 nitrogen and oxygen atoms in total. The number of aryl methyl sites for hydroxylation is 1. The third-order valence-corrected chi connectivity index (χ3v) is 3.42. The molecule has 1 aromatic heterocycles. The Hall–Kier alpha value is -2.36. The molecule has 2 aromatic rings. The van der Waals surface area contributed by atoms with Gasteiger partial charge in [-0.15, -0.1) is 0 Å². The van der Waals surface area contributed by atoms with Crippen LogP contribution in [0.2, 0.25) is 0 Å². The number of hydrogen-bond donors (Lipinski definition) is 2. The van der Waals surface area contributed by atoms with Gasteiger partial charge >= 0.3 is 0 Å². The summed E-state index contributed by atoms with van der Waals surface area (Å²) in [6.07, 6.45) is 4.33. The van der Waals surface area contributed by atoms with Crippen LogP contribution in [0.4, 0.5) is 11.4 Å². The molecule has 1 amide bonds. The SMILES string of the molecule is CCC(C)Nc1cncc(C(=O)Nc2ccccc2C)c1. The maximum atomic E-state index is 12.3. The number of carbonyl (C=O) groups is 1. The van der Waals surface area contributed by atoms with E-state index >= 15 is 0 Å². The summed E-state index contributed by atoms with van der Waals surface area (Å²) in [6, 6.07) is 9.88. The fraction of sp³-hybridized carbons (Fsp3) is 0.294. The molecule has 0 saturated heterocycles. The Morgan fingerprint density at radius 1 is 1.29 bits per heavy atom. The highest BCUT2D eigenvalue weighted by atomic mass is 16.1. The van der Waals surface area contributed by atoms with E-state index < -0.39 is 0 Å². The van der Waals surface area contributed by atoms with Crippen LogP contribution < -0.4 is 10.6 Å². The second-order valence-electron chi connectivity index (χ2n) is 5.18. The predicted molar refractivity (Wildman–Crippen MR) is 86.7 cm³/mol. The van der Waals surface area contributed by atoms with Crippen molar-refractivity contribution in [1.29, 1.82) is 0 Å². The smallest absolute Gasteiger partial charge is 0.257 e. The fourth-order valence-corrected chi connectivity index (χ4v) is 1.94. The van der Waals surface area contributed by atoms with Crippen LogP contribution in [0.3, 0.4) is 0 Å². The van der Waals surface area contributed by atoms with Crippen LogP contribution in [-0.4, -0.2) is 16.9 Å². The molecule has 1 heterocycles. The van der Waals surface area contributed by atoms with Crippen LogP contribution in [0.15, 0.2) is 42.7 Å². The Morgan fingerprint density at radius 2 is 2.05 bits per heavy atom. The normalized spacial score (nSPS) is 11.8. The van der Waals surface area contributed by atoms with Gasteiger partial charge < -0.3 is 10.6 Å². The van der Waals surface area contributed by atoms with Crippen LogP contribution in [0.1, 0.15) is 36.2 Å². The first-order chi connectivity index (χ1) is 10.1. The zero-order chi connectivity index (χ0) is 15.2. The lowest BCUT2D eigenvalue weighted by Gasteiger charge is -2.13. The van der Waals surface area contributed by atoms with E-state index in [0.29, 0.717) is 11.6 Å². The summed E-state index contributed by atoms with van der Waals surface area (Å²) in [4.78, 5) is 16.4. The molecule has 0 saturated carbocycles. The molecule has 0 aliphatic heterocycles. The molecule has 4 heteroatoms. The summed E-state index contributed by atoms with van der Waals surface area (Å²) in [7, 11) is 0. The zero-order valence-electron chi connectivity index (χ0n) is 12.7. The molecule has 0 spiro atoms. The van der Waals surface area contributed by atoms with Gasteiger partial charge in [0.2, 0.25) is 0 Å². The van der Waals surface area contributed by atoms with Crippen molar-refractivity contribution in [1.82, 2.24) is 4.98 Å². The number of pyridine rings is 1. The van der Waals surface area contributed by atoms with E-state index in [4.69, 9.17) is 0 Å². The third kappa shape index (κ3) is 4.05. The van der Waals surface area contributed by atoms with E-state index in [1.165, 1.54) is 0 Å². The van der Waals surface area contributed by atoms with E-state index in [1.807, 2.05) is 37.3 Å². The summed E-state index contributed by atoms with van der Waals surface area (Å²) in [5.74, 6) is -0.149. The van der Waals surface area contributed by atoms with Crippen LogP contribution in [0, 0.1) is 6.92 Å². The Bertz CT molecular complexity index is 625. The topological polar surface area (TPSA) is 54.0 Å². The van der Waals surface area contributed by atoms with Crippen LogP contribution in [0.25, 0.3) is 0 Å². The maximum absolute atomic E-state index is 12.3. The number of aromatic nitrogens is 1. The number of benzene rings is 1. The number of nitrogens with zero attached hydrogens (tertiary/aromatic N) is 1. The summed E-state index contributed by atoms with van der Waals surface area (Å²) in [5.41, 5.74) is 3.27. The van der Waals surface area contributed by atoms with E-state index in [0.717, 1.165) is 23.4 Å². The molecule has 1 aromatic carbocycles. The summed E-state index contributed by atoms with van der Waals surface area (Å²) < 4.78 is 0. The van der Waals surface area contributed by atoms with Crippen molar-refractivity contribution < 1.29 is 4.79 Å². The van der Waals surface area contributed by atoms with Crippen molar-refractivity contribution in [3.63, 3.8) is 0 Å². The van der Waals surface area contributed by atoms with Gasteiger partial charge in [0.25, 0.3) is 5.91 Å². The van der Waals surface area contributed by atoms with Gasteiger partial charge in [0, 0.05) is 24.1 Å². The number of amides is 1. The minimum Gasteiger partial charge on any atom is -0.381 e. The number of carbonyl (C=O) groups excluding carboxylic acids is 1. The van der Waals surface area contributed by atoms with Crippen molar-refractivity contribution >= 4 is 17.3 Å². The molecule has 2 rings (SSSR count).